The third kappa shape index (κ3) is 4.54. The van der Waals surface area contributed by atoms with Gasteiger partial charge in [0.1, 0.15) is 0 Å². The highest BCUT2D eigenvalue weighted by Gasteiger charge is 2.33. The molecule has 0 saturated heterocycles. The van der Waals surface area contributed by atoms with Crippen LogP contribution in [0.25, 0.3) is 11.1 Å². The third-order valence-electron chi connectivity index (χ3n) is 6.95. The van der Waals surface area contributed by atoms with Gasteiger partial charge in [0.2, 0.25) is 0 Å². The second-order valence-electron chi connectivity index (χ2n) is 8.92. The van der Waals surface area contributed by atoms with Crippen molar-refractivity contribution < 1.29 is 0 Å². The van der Waals surface area contributed by atoms with E-state index in [2.05, 4.69) is 55.5 Å². The van der Waals surface area contributed by atoms with Crippen LogP contribution in [0.15, 0.2) is 48.5 Å². The van der Waals surface area contributed by atoms with Crippen molar-refractivity contribution >= 4 is 13.2 Å². The molecular weight excluding hydrogens is 355 g/mol. The van der Waals surface area contributed by atoms with Gasteiger partial charge in [-0.2, -0.15) is 0 Å². The van der Waals surface area contributed by atoms with E-state index in [4.69, 9.17) is 0 Å². The summed E-state index contributed by atoms with van der Waals surface area (Å²) in [6.07, 6.45) is 17.1. The van der Waals surface area contributed by atoms with Crippen LogP contribution < -0.4 is 5.30 Å². The molecule has 0 atom stereocenters. The van der Waals surface area contributed by atoms with Crippen LogP contribution in [-0.2, 0) is 6.42 Å². The highest BCUT2D eigenvalue weighted by Crippen LogP contribution is 2.56. The van der Waals surface area contributed by atoms with Gasteiger partial charge in [0.05, 0.1) is 0 Å². The van der Waals surface area contributed by atoms with Gasteiger partial charge in [-0.15, -0.1) is 0 Å². The van der Waals surface area contributed by atoms with Gasteiger partial charge in [-0.05, 0) is 65.4 Å². The summed E-state index contributed by atoms with van der Waals surface area (Å²) in [5, 5.41) is 1.74. The van der Waals surface area contributed by atoms with Crippen molar-refractivity contribution in [3.05, 3.63) is 54.1 Å². The van der Waals surface area contributed by atoms with Crippen LogP contribution in [-0.4, -0.2) is 11.3 Å². The van der Waals surface area contributed by atoms with Crippen molar-refractivity contribution in [2.75, 3.05) is 0 Å². The molecule has 2 aliphatic carbocycles. The van der Waals surface area contributed by atoms with Crippen LogP contribution in [0.3, 0.4) is 0 Å². The van der Waals surface area contributed by atoms with Crippen molar-refractivity contribution in [1.29, 1.82) is 0 Å². The maximum atomic E-state index is 2.52. The standard InChI is InChI=1S/C27H37P/c1-2-13-22-14-9-10-19-25(22)26-20-11-12-21-27(26)28(23-15-5-3-6-16-23)24-17-7-4-8-18-24/h9-12,14,19-21,23-24H,2-8,13,15-18H2,1H3. The lowest BCUT2D eigenvalue weighted by Crippen LogP contribution is -2.27. The predicted octanol–water partition coefficient (Wildman–Crippen LogP) is 8.08. The molecule has 0 amide bonds. The molecule has 0 spiro atoms. The topological polar surface area (TPSA) is 0 Å². The molecule has 150 valence electrons. The minimum Gasteiger partial charge on any atom is -0.0683 e. The van der Waals surface area contributed by atoms with Gasteiger partial charge in [0, 0.05) is 0 Å². The second kappa shape index (κ2) is 10.1. The number of hydrogen-bond acceptors (Lipinski definition) is 0. The molecule has 2 fully saturated rings. The number of hydrogen-bond donors (Lipinski definition) is 0. The van der Waals surface area contributed by atoms with Crippen LogP contribution in [0.4, 0.5) is 0 Å². The first-order chi connectivity index (χ1) is 13.9. The van der Waals surface area contributed by atoms with Crippen LogP contribution in [0.2, 0.25) is 0 Å². The minimum atomic E-state index is -0.0582. The fourth-order valence-electron chi connectivity index (χ4n) is 5.61. The van der Waals surface area contributed by atoms with E-state index >= 15 is 0 Å². The molecule has 1 heteroatoms. The fourth-order valence-corrected chi connectivity index (χ4v) is 9.56. The molecule has 2 aromatic rings. The van der Waals surface area contributed by atoms with Gasteiger partial charge in [-0.25, -0.2) is 0 Å². The SMILES string of the molecule is CCCc1ccccc1-c1ccccc1P(C1CCCCC1)C1CCCCC1. The summed E-state index contributed by atoms with van der Waals surface area (Å²) in [4.78, 5) is 0. The summed E-state index contributed by atoms with van der Waals surface area (Å²) in [6, 6.07) is 18.8. The Bertz CT molecular complexity index is 719. The zero-order valence-electron chi connectivity index (χ0n) is 17.7. The molecule has 0 bridgehead atoms. The summed E-state index contributed by atoms with van der Waals surface area (Å²) >= 11 is 0. The Hall–Kier alpha value is -1.13. The summed E-state index contributed by atoms with van der Waals surface area (Å²) in [5.74, 6) is 0. The van der Waals surface area contributed by atoms with Crippen molar-refractivity contribution in [2.24, 2.45) is 0 Å². The van der Waals surface area contributed by atoms with Gasteiger partial charge >= 0.3 is 0 Å². The molecule has 0 nitrogen and oxygen atoms in total. The first kappa shape index (κ1) is 20.2. The zero-order valence-corrected chi connectivity index (χ0v) is 18.6. The van der Waals surface area contributed by atoms with E-state index in [1.165, 1.54) is 82.6 Å². The van der Waals surface area contributed by atoms with E-state index in [-0.39, 0.29) is 7.92 Å². The Morgan fingerprint density at radius 2 is 1.21 bits per heavy atom. The predicted molar refractivity (Wildman–Crippen MR) is 126 cm³/mol. The van der Waals surface area contributed by atoms with Gasteiger partial charge < -0.3 is 0 Å². The monoisotopic (exact) mass is 392 g/mol. The van der Waals surface area contributed by atoms with E-state index in [0.717, 1.165) is 11.3 Å². The van der Waals surface area contributed by atoms with Gasteiger partial charge in [0.15, 0.2) is 0 Å². The summed E-state index contributed by atoms with van der Waals surface area (Å²) in [5.41, 5.74) is 6.55. The average molecular weight is 393 g/mol. The molecule has 0 aromatic heterocycles. The summed E-state index contributed by atoms with van der Waals surface area (Å²) in [6.45, 7) is 2.31. The van der Waals surface area contributed by atoms with Gasteiger partial charge in [-0.1, -0.05) is 108 Å². The Labute approximate surface area is 173 Å². The van der Waals surface area contributed by atoms with Crippen LogP contribution >= 0.6 is 7.92 Å². The lowest BCUT2D eigenvalue weighted by molar-refractivity contribution is 0.487. The first-order valence-electron chi connectivity index (χ1n) is 11.8. The van der Waals surface area contributed by atoms with Crippen molar-refractivity contribution in [3.8, 4) is 11.1 Å². The molecule has 4 rings (SSSR count). The maximum Gasteiger partial charge on any atom is -0.0104 e. The van der Waals surface area contributed by atoms with E-state index < -0.39 is 0 Å². The van der Waals surface area contributed by atoms with Gasteiger partial charge in [0.25, 0.3) is 0 Å². The Morgan fingerprint density at radius 3 is 1.82 bits per heavy atom. The second-order valence-corrected chi connectivity index (χ2v) is 11.7. The van der Waals surface area contributed by atoms with Crippen molar-refractivity contribution in [3.63, 3.8) is 0 Å². The Kier molecular flexibility index (Phi) is 7.25. The number of aryl methyl sites for hydroxylation is 1. The van der Waals surface area contributed by atoms with Crippen LogP contribution in [0.5, 0.6) is 0 Å². The molecule has 28 heavy (non-hydrogen) atoms. The highest BCUT2D eigenvalue weighted by molar-refractivity contribution is 7.67. The molecule has 0 aliphatic heterocycles. The Morgan fingerprint density at radius 1 is 0.679 bits per heavy atom. The van der Waals surface area contributed by atoms with Crippen molar-refractivity contribution in [2.45, 2.75) is 95.3 Å². The van der Waals surface area contributed by atoms with E-state index in [1.54, 1.807) is 16.4 Å². The molecule has 0 radical (unpaired) electrons. The third-order valence-corrected chi connectivity index (χ3v) is 10.5. The summed E-state index contributed by atoms with van der Waals surface area (Å²) in [7, 11) is -0.0582. The number of benzene rings is 2. The lowest BCUT2D eigenvalue weighted by atomic mass is 9.97. The van der Waals surface area contributed by atoms with E-state index in [0.29, 0.717) is 0 Å². The minimum absolute atomic E-state index is 0.0582. The molecule has 2 aliphatic rings. The molecule has 2 aromatic carbocycles. The quantitative estimate of drug-likeness (QED) is 0.436. The van der Waals surface area contributed by atoms with Crippen LogP contribution in [0.1, 0.15) is 83.1 Å². The van der Waals surface area contributed by atoms with Gasteiger partial charge in [-0.3, -0.25) is 0 Å². The zero-order chi connectivity index (χ0) is 19.2. The molecular formula is C27H37P. The smallest absolute Gasteiger partial charge is 0.0104 e. The number of rotatable bonds is 6. The Balaban J connectivity index is 1.77. The molecule has 0 heterocycles. The lowest BCUT2D eigenvalue weighted by Gasteiger charge is -2.39. The molecule has 2 saturated carbocycles. The fraction of sp³-hybridized carbons (Fsp3) is 0.556. The maximum absolute atomic E-state index is 2.52. The average Bonchev–Trinajstić information content (AvgIpc) is 2.77. The largest absolute Gasteiger partial charge is 0.0683 e. The van der Waals surface area contributed by atoms with E-state index in [9.17, 15) is 0 Å². The first-order valence-corrected chi connectivity index (χ1v) is 13.3. The normalized spacial score (nSPS) is 19.2. The molecule has 0 unspecified atom stereocenters. The molecule has 0 N–H and O–H groups in total. The van der Waals surface area contributed by atoms with Crippen LogP contribution in [0, 0.1) is 0 Å². The highest BCUT2D eigenvalue weighted by atomic mass is 31.1. The summed E-state index contributed by atoms with van der Waals surface area (Å²) < 4.78 is 0. The van der Waals surface area contributed by atoms with E-state index in [1.807, 2.05) is 0 Å². The van der Waals surface area contributed by atoms with Crippen molar-refractivity contribution in [1.82, 2.24) is 0 Å².